The fourth-order valence-electron chi connectivity index (χ4n) is 2.21. The molecule has 3 rings (SSSR count). The number of carbonyl (C=O) groups is 1. The smallest absolute Gasteiger partial charge is 0.195 e. The van der Waals surface area contributed by atoms with Crippen molar-refractivity contribution in [3.8, 4) is 0 Å². The average Bonchev–Trinajstić information content (AvgIpc) is 3.30. The molecule has 0 aliphatic heterocycles. The summed E-state index contributed by atoms with van der Waals surface area (Å²) in [6.45, 7) is 0.888. The van der Waals surface area contributed by atoms with Crippen molar-refractivity contribution < 1.29 is 4.79 Å². The molecule has 0 saturated heterocycles. The number of hydrogen-bond donors (Lipinski definition) is 1. The largest absolute Gasteiger partial charge is 0.383 e. The first-order valence-corrected chi connectivity index (χ1v) is 7.25. The summed E-state index contributed by atoms with van der Waals surface area (Å²) in [4.78, 5) is 12.6. The number of rotatable bonds is 5. The van der Waals surface area contributed by atoms with Crippen molar-refractivity contribution in [2.75, 3.05) is 11.9 Å². The Labute approximate surface area is 123 Å². The van der Waals surface area contributed by atoms with Crippen LogP contribution in [0.4, 0.5) is 5.69 Å². The molecule has 0 bridgehead atoms. The minimum atomic E-state index is 0.00592. The standard InChI is InChI=1S/C17H16ClNO/c18-15-8-4-7-14(16(15)19-11-12-9-10-12)17(20)13-5-2-1-3-6-13/h1-8,12,19H,9-11H2. The summed E-state index contributed by atoms with van der Waals surface area (Å²) in [7, 11) is 0. The van der Waals surface area contributed by atoms with E-state index >= 15 is 0 Å². The highest BCUT2D eigenvalue weighted by Gasteiger charge is 2.22. The molecule has 1 saturated carbocycles. The zero-order valence-electron chi connectivity index (χ0n) is 11.1. The van der Waals surface area contributed by atoms with Crippen LogP contribution >= 0.6 is 11.6 Å². The van der Waals surface area contributed by atoms with E-state index in [1.54, 1.807) is 0 Å². The Morgan fingerprint density at radius 1 is 1.10 bits per heavy atom. The van der Waals surface area contributed by atoms with Gasteiger partial charge >= 0.3 is 0 Å². The van der Waals surface area contributed by atoms with Crippen LogP contribution < -0.4 is 5.32 Å². The fraction of sp³-hybridized carbons (Fsp3) is 0.235. The van der Waals surface area contributed by atoms with E-state index in [-0.39, 0.29) is 5.78 Å². The Kier molecular flexibility index (Phi) is 3.75. The van der Waals surface area contributed by atoms with Crippen LogP contribution in [0.3, 0.4) is 0 Å². The second-order valence-electron chi connectivity index (χ2n) is 5.18. The van der Waals surface area contributed by atoms with Gasteiger partial charge in [-0.1, -0.05) is 48.0 Å². The summed E-state index contributed by atoms with van der Waals surface area (Å²) >= 11 is 6.25. The topological polar surface area (TPSA) is 29.1 Å². The first kappa shape index (κ1) is 13.2. The molecule has 1 fully saturated rings. The minimum absolute atomic E-state index is 0.00592. The molecule has 2 nitrogen and oxygen atoms in total. The minimum Gasteiger partial charge on any atom is -0.383 e. The van der Waals surface area contributed by atoms with Gasteiger partial charge in [0.2, 0.25) is 0 Å². The van der Waals surface area contributed by atoms with Gasteiger partial charge in [-0.3, -0.25) is 4.79 Å². The van der Waals surface area contributed by atoms with Crippen molar-refractivity contribution in [1.29, 1.82) is 0 Å². The van der Waals surface area contributed by atoms with Gasteiger partial charge in [-0.05, 0) is 30.9 Å². The van der Waals surface area contributed by atoms with Gasteiger partial charge in [0.15, 0.2) is 5.78 Å². The van der Waals surface area contributed by atoms with Crippen molar-refractivity contribution in [3.05, 3.63) is 64.7 Å². The lowest BCUT2D eigenvalue weighted by Crippen LogP contribution is -2.10. The molecule has 20 heavy (non-hydrogen) atoms. The molecule has 2 aromatic rings. The van der Waals surface area contributed by atoms with Gasteiger partial charge in [0.1, 0.15) is 0 Å². The van der Waals surface area contributed by atoms with Crippen molar-refractivity contribution in [3.63, 3.8) is 0 Å². The Bertz CT molecular complexity index is 620. The van der Waals surface area contributed by atoms with Crippen LogP contribution in [0.2, 0.25) is 5.02 Å². The molecule has 102 valence electrons. The first-order valence-electron chi connectivity index (χ1n) is 6.88. The second kappa shape index (κ2) is 5.68. The van der Waals surface area contributed by atoms with Crippen LogP contribution in [0.1, 0.15) is 28.8 Å². The molecule has 0 atom stereocenters. The highest BCUT2D eigenvalue weighted by Crippen LogP contribution is 2.32. The zero-order chi connectivity index (χ0) is 13.9. The number of carbonyl (C=O) groups excluding carboxylic acids is 1. The van der Waals surface area contributed by atoms with Crippen LogP contribution in [0.25, 0.3) is 0 Å². The summed E-state index contributed by atoms with van der Waals surface area (Å²) in [6.07, 6.45) is 2.53. The van der Waals surface area contributed by atoms with Crippen molar-refractivity contribution in [2.24, 2.45) is 5.92 Å². The maximum atomic E-state index is 12.6. The molecule has 3 heteroatoms. The highest BCUT2D eigenvalue weighted by atomic mass is 35.5. The van der Waals surface area contributed by atoms with Crippen molar-refractivity contribution in [2.45, 2.75) is 12.8 Å². The third kappa shape index (κ3) is 2.86. The predicted octanol–water partition coefficient (Wildman–Crippen LogP) is 4.39. The fourth-order valence-corrected chi connectivity index (χ4v) is 2.45. The average molecular weight is 286 g/mol. The lowest BCUT2D eigenvalue weighted by Gasteiger charge is -2.13. The number of ketones is 1. The molecule has 0 aromatic heterocycles. The van der Waals surface area contributed by atoms with Crippen LogP contribution in [-0.2, 0) is 0 Å². The lowest BCUT2D eigenvalue weighted by atomic mass is 10.0. The van der Waals surface area contributed by atoms with Crippen molar-refractivity contribution >= 4 is 23.1 Å². The van der Waals surface area contributed by atoms with Gasteiger partial charge in [0, 0.05) is 17.7 Å². The summed E-state index contributed by atoms with van der Waals surface area (Å²) in [6, 6.07) is 14.8. The van der Waals surface area contributed by atoms with E-state index in [2.05, 4.69) is 5.32 Å². The first-order chi connectivity index (χ1) is 9.75. The second-order valence-corrected chi connectivity index (χ2v) is 5.59. The summed E-state index contributed by atoms with van der Waals surface area (Å²) < 4.78 is 0. The van der Waals surface area contributed by atoms with Crippen LogP contribution in [-0.4, -0.2) is 12.3 Å². The molecule has 0 amide bonds. The normalized spacial score (nSPS) is 14.1. The van der Waals surface area contributed by atoms with Crippen LogP contribution in [0, 0.1) is 5.92 Å². The quantitative estimate of drug-likeness (QED) is 0.825. The third-order valence-corrected chi connectivity index (χ3v) is 3.87. The monoisotopic (exact) mass is 285 g/mol. The van der Waals surface area contributed by atoms with Crippen molar-refractivity contribution in [1.82, 2.24) is 0 Å². The lowest BCUT2D eigenvalue weighted by molar-refractivity contribution is 0.103. The van der Waals surface area contributed by atoms with Gasteiger partial charge in [-0.15, -0.1) is 0 Å². The van der Waals surface area contributed by atoms with Crippen LogP contribution in [0.15, 0.2) is 48.5 Å². The molecule has 1 N–H and O–H groups in total. The van der Waals surface area contributed by atoms with E-state index in [4.69, 9.17) is 11.6 Å². The molecule has 1 aliphatic rings. The Morgan fingerprint density at radius 2 is 1.85 bits per heavy atom. The SMILES string of the molecule is O=C(c1ccccc1)c1cccc(Cl)c1NCC1CC1. The molecular formula is C17H16ClNO. The summed E-state index contributed by atoms with van der Waals surface area (Å²) in [5.74, 6) is 0.734. The van der Waals surface area contributed by atoms with E-state index in [9.17, 15) is 4.79 Å². The molecule has 0 spiro atoms. The van der Waals surface area contributed by atoms with Gasteiger partial charge < -0.3 is 5.32 Å². The van der Waals surface area contributed by atoms with E-state index in [0.29, 0.717) is 16.1 Å². The Hall–Kier alpha value is -1.80. The van der Waals surface area contributed by atoms with Gasteiger partial charge in [-0.2, -0.15) is 0 Å². The number of anilines is 1. The summed E-state index contributed by atoms with van der Waals surface area (Å²) in [5.41, 5.74) is 2.09. The maximum Gasteiger partial charge on any atom is 0.195 e. The molecule has 0 unspecified atom stereocenters. The van der Waals surface area contributed by atoms with Gasteiger partial charge in [-0.25, -0.2) is 0 Å². The number of benzene rings is 2. The molecule has 0 radical (unpaired) electrons. The third-order valence-electron chi connectivity index (χ3n) is 3.56. The number of halogens is 1. The Morgan fingerprint density at radius 3 is 2.55 bits per heavy atom. The number of nitrogens with one attached hydrogen (secondary N) is 1. The van der Waals surface area contributed by atoms with E-state index in [0.717, 1.165) is 18.2 Å². The van der Waals surface area contributed by atoms with E-state index in [1.165, 1.54) is 12.8 Å². The molecule has 0 heterocycles. The van der Waals surface area contributed by atoms with E-state index in [1.807, 2.05) is 48.5 Å². The van der Waals surface area contributed by atoms with Crippen LogP contribution in [0.5, 0.6) is 0 Å². The summed E-state index contributed by atoms with van der Waals surface area (Å²) in [5, 5.41) is 3.95. The highest BCUT2D eigenvalue weighted by molar-refractivity contribution is 6.34. The van der Waals surface area contributed by atoms with Gasteiger partial charge in [0.25, 0.3) is 0 Å². The van der Waals surface area contributed by atoms with E-state index < -0.39 is 0 Å². The molecule has 2 aromatic carbocycles. The molecule has 1 aliphatic carbocycles. The number of para-hydroxylation sites is 1. The Balaban J connectivity index is 1.91. The molecular weight excluding hydrogens is 270 g/mol. The maximum absolute atomic E-state index is 12.6. The van der Waals surface area contributed by atoms with Gasteiger partial charge in [0.05, 0.1) is 10.7 Å². The zero-order valence-corrected chi connectivity index (χ0v) is 11.9. The predicted molar refractivity (Wildman–Crippen MR) is 82.5 cm³/mol. The number of hydrogen-bond acceptors (Lipinski definition) is 2.